The maximum atomic E-state index is 13.4. The molecule has 102 valence electrons. The van der Waals surface area contributed by atoms with Crippen LogP contribution in [0.2, 0.25) is 0 Å². The molecule has 3 N–H and O–H groups in total. The molecule has 1 rings (SSSR count). The average molecular weight is 297 g/mol. The third-order valence-corrected chi connectivity index (χ3v) is 3.99. The molecule has 0 saturated heterocycles. The van der Waals surface area contributed by atoms with Crippen molar-refractivity contribution in [1.82, 2.24) is 4.72 Å². The highest BCUT2D eigenvalue weighted by Crippen LogP contribution is 2.19. The predicted octanol–water partition coefficient (Wildman–Crippen LogP) is 0.745. The van der Waals surface area contributed by atoms with Crippen LogP contribution in [0.1, 0.15) is 0 Å². The molecule has 5 nitrogen and oxygen atoms in total. The summed E-state index contributed by atoms with van der Waals surface area (Å²) in [7, 11) is -2.36. The molecule has 0 aliphatic rings. The van der Waals surface area contributed by atoms with Gasteiger partial charge in [0.05, 0.1) is 22.6 Å². The lowest BCUT2D eigenvalue weighted by Crippen LogP contribution is -2.22. The number of benzene rings is 1. The van der Waals surface area contributed by atoms with Gasteiger partial charge in [-0.1, -0.05) is 0 Å². The Hall–Kier alpha value is -0.890. The number of anilines is 1. The number of nitrogens with one attached hydrogen (secondary N) is 2. The highest BCUT2D eigenvalue weighted by atomic mass is 35.5. The molecule has 0 aliphatic carbocycles. The summed E-state index contributed by atoms with van der Waals surface area (Å²) in [5.41, 5.74) is -0.00417. The van der Waals surface area contributed by atoms with E-state index < -0.39 is 21.9 Å². The van der Waals surface area contributed by atoms with Gasteiger partial charge in [-0.3, -0.25) is 0 Å². The third-order valence-electron chi connectivity index (χ3n) is 2.22. The molecule has 0 aromatic heterocycles. The smallest absolute Gasteiger partial charge is 0.240 e. The predicted molar refractivity (Wildman–Crippen MR) is 67.9 cm³/mol. The Morgan fingerprint density at radius 1 is 1.50 bits per heavy atom. The molecule has 0 fully saturated rings. The standard InChI is InChI=1S/C10H14ClFN2O3S/c1-13-18(16,17)8-2-3-9(12)10(4-8)14-6-7(15)5-11/h2-4,7,13-15H,5-6H2,1H3. The molecular weight excluding hydrogens is 283 g/mol. The second kappa shape index (κ2) is 6.33. The minimum absolute atomic E-state index is 0.00310. The van der Waals surface area contributed by atoms with Crippen molar-refractivity contribution in [3.05, 3.63) is 24.0 Å². The number of hydrogen-bond acceptors (Lipinski definition) is 4. The summed E-state index contributed by atoms with van der Waals surface area (Å²) < 4.78 is 38.6. The van der Waals surface area contributed by atoms with E-state index in [0.29, 0.717) is 0 Å². The summed E-state index contributed by atoms with van der Waals surface area (Å²) in [4.78, 5) is -0.0609. The second-order valence-electron chi connectivity index (χ2n) is 3.54. The van der Waals surface area contributed by atoms with Gasteiger partial charge in [0, 0.05) is 6.54 Å². The monoisotopic (exact) mass is 296 g/mol. The van der Waals surface area contributed by atoms with Gasteiger partial charge in [-0.15, -0.1) is 11.6 Å². The summed E-state index contributed by atoms with van der Waals surface area (Å²) in [5, 5.41) is 11.8. The molecule has 1 atom stereocenters. The summed E-state index contributed by atoms with van der Waals surface area (Å²) in [5.74, 6) is -0.602. The first kappa shape index (κ1) is 15.2. The Labute approximate surface area is 110 Å². The summed E-state index contributed by atoms with van der Waals surface area (Å²) in [6, 6.07) is 3.35. The van der Waals surface area contributed by atoms with Gasteiger partial charge in [-0.2, -0.15) is 0 Å². The number of aliphatic hydroxyl groups is 1. The van der Waals surface area contributed by atoms with Gasteiger partial charge in [0.15, 0.2) is 0 Å². The van der Waals surface area contributed by atoms with Crippen LogP contribution in [0, 0.1) is 5.82 Å². The number of sulfonamides is 1. The lowest BCUT2D eigenvalue weighted by atomic mass is 10.3. The van der Waals surface area contributed by atoms with Crippen molar-refractivity contribution >= 4 is 27.3 Å². The van der Waals surface area contributed by atoms with E-state index in [1.54, 1.807) is 0 Å². The first-order chi connectivity index (χ1) is 8.40. The molecule has 0 spiro atoms. The zero-order valence-corrected chi connectivity index (χ0v) is 11.2. The Kier molecular flexibility index (Phi) is 5.33. The Balaban J connectivity index is 2.95. The van der Waals surface area contributed by atoms with Crippen LogP contribution in [0.25, 0.3) is 0 Å². The number of alkyl halides is 1. The first-order valence-corrected chi connectivity index (χ1v) is 7.13. The molecule has 0 bridgehead atoms. The Morgan fingerprint density at radius 3 is 2.72 bits per heavy atom. The van der Waals surface area contributed by atoms with Crippen molar-refractivity contribution in [2.75, 3.05) is 24.8 Å². The third kappa shape index (κ3) is 3.81. The van der Waals surface area contributed by atoms with Crippen LogP contribution in [0.4, 0.5) is 10.1 Å². The van der Waals surface area contributed by atoms with Crippen molar-refractivity contribution in [2.45, 2.75) is 11.0 Å². The molecule has 0 amide bonds. The van der Waals surface area contributed by atoms with Gasteiger partial charge in [0.2, 0.25) is 10.0 Å². The molecule has 1 aromatic carbocycles. The van der Waals surface area contributed by atoms with Crippen LogP contribution in [0.15, 0.2) is 23.1 Å². The molecule has 0 heterocycles. The van der Waals surface area contributed by atoms with Crippen molar-refractivity contribution in [3.63, 3.8) is 0 Å². The Morgan fingerprint density at radius 2 is 2.17 bits per heavy atom. The van der Waals surface area contributed by atoms with Crippen LogP contribution >= 0.6 is 11.6 Å². The van der Waals surface area contributed by atoms with Gasteiger partial charge in [-0.25, -0.2) is 17.5 Å². The normalized spacial score (nSPS) is 13.3. The Bertz CT molecular complexity index is 510. The molecule has 0 radical (unpaired) electrons. The van der Waals surface area contributed by atoms with Gasteiger partial charge in [0.1, 0.15) is 5.82 Å². The van der Waals surface area contributed by atoms with E-state index in [1.165, 1.54) is 7.05 Å². The number of aliphatic hydroxyl groups excluding tert-OH is 1. The number of rotatable bonds is 6. The minimum Gasteiger partial charge on any atom is -0.390 e. The topological polar surface area (TPSA) is 78.4 Å². The molecule has 18 heavy (non-hydrogen) atoms. The first-order valence-electron chi connectivity index (χ1n) is 5.11. The van der Waals surface area contributed by atoms with E-state index in [0.717, 1.165) is 18.2 Å². The van der Waals surface area contributed by atoms with Crippen molar-refractivity contribution < 1.29 is 17.9 Å². The van der Waals surface area contributed by atoms with Crippen LogP contribution in [0.3, 0.4) is 0 Å². The number of halogens is 2. The fourth-order valence-corrected chi connectivity index (χ4v) is 2.07. The molecule has 1 aromatic rings. The maximum Gasteiger partial charge on any atom is 0.240 e. The molecular formula is C10H14ClFN2O3S. The van der Waals surface area contributed by atoms with Crippen molar-refractivity contribution in [2.24, 2.45) is 0 Å². The van der Waals surface area contributed by atoms with Crippen LogP contribution in [-0.2, 0) is 10.0 Å². The van der Waals surface area contributed by atoms with Crippen LogP contribution < -0.4 is 10.0 Å². The van der Waals surface area contributed by atoms with E-state index in [-0.39, 0.29) is 23.0 Å². The zero-order valence-electron chi connectivity index (χ0n) is 9.65. The van der Waals surface area contributed by atoms with E-state index in [2.05, 4.69) is 10.0 Å². The number of hydrogen-bond donors (Lipinski definition) is 3. The fourth-order valence-electron chi connectivity index (χ4n) is 1.21. The highest BCUT2D eigenvalue weighted by Gasteiger charge is 2.14. The van der Waals surface area contributed by atoms with E-state index in [1.807, 2.05) is 0 Å². The van der Waals surface area contributed by atoms with Gasteiger partial charge in [-0.05, 0) is 25.2 Å². The van der Waals surface area contributed by atoms with Crippen LogP contribution in [0.5, 0.6) is 0 Å². The molecule has 0 aliphatic heterocycles. The quantitative estimate of drug-likeness (QED) is 0.677. The van der Waals surface area contributed by atoms with E-state index in [4.69, 9.17) is 11.6 Å². The maximum absolute atomic E-state index is 13.4. The van der Waals surface area contributed by atoms with E-state index >= 15 is 0 Å². The lowest BCUT2D eigenvalue weighted by molar-refractivity contribution is 0.211. The van der Waals surface area contributed by atoms with E-state index in [9.17, 15) is 17.9 Å². The largest absolute Gasteiger partial charge is 0.390 e. The van der Waals surface area contributed by atoms with Gasteiger partial charge < -0.3 is 10.4 Å². The second-order valence-corrected chi connectivity index (χ2v) is 5.73. The lowest BCUT2D eigenvalue weighted by Gasteiger charge is -2.12. The average Bonchev–Trinajstić information content (AvgIpc) is 2.37. The molecule has 0 saturated carbocycles. The van der Waals surface area contributed by atoms with Gasteiger partial charge >= 0.3 is 0 Å². The highest BCUT2D eigenvalue weighted by molar-refractivity contribution is 7.89. The summed E-state index contributed by atoms with van der Waals surface area (Å²) >= 11 is 5.39. The minimum atomic E-state index is -3.63. The summed E-state index contributed by atoms with van der Waals surface area (Å²) in [6.45, 7) is 0.0312. The van der Waals surface area contributed by atoms with Crippen LogP contribution in [-0.4, -0.2) is 39.1 Å². The summed E-state index contributed by atoms with van der Waals surface area (Å²) in [6.07, 6.45) is -0.837. The van der Waals surface area contributed by atoms with Crippen molar-refractivity contribution in [3.8, 4) is 0 Å². The van der Waals surface area contributed by atoms with Gasteiger partial charge in [0.25, 0.3) is 0 Å². The fraction of sp³-hybridized carbons (Fsp3) is 0.400. The molecule has 1 unspecified atom stereocenters. The molecule has 8 heteroatoms. The zero-order chi connectivity index (χ0) is 13.8. The van der Waals surface area contributed by atoms with Crippen molar-refractivity contribution in [1.29, 1.82) is 0 Å². The SMILES string of the molecule is CNS(=O)(=O)c1ccc(F)c(NCC(O)CCl)c1.